The second-order valence-corrected chi connectivity index (χ2v) is 5.09. The van der Waals surface area contributed by atoms with Crippen molar-refractivity contribution >= 4 is 27.9 Å². The van der Waals surface area contributed by atoms with E-state index in [1.165, 1.54) is 0 Å². The van der Waals surface area contributed by atoms with Gasteiger partial charge < -0.3 is 20.1 Å². The van der Waals surface area contributed by atoms with Gasteiger partial charge in [-0.25, -0.2) is 4.79 Å². The van der Waals surface area contributed by atoms with Gasteiger partial charge in [0.15, 0.2) is 0 Å². The fraction of sp³-hybridized carbons (Fsp3) is 0.818. The largest absolute Gasteiger partial charge is 0.444 e. The van der Waals surface area contributed by atoms with Gasteiger partial charge in [0.05, 0.1) is 18.5 Å². The Morgan fingerprint density at radius 3 is 2.17 bits per heavy atom. The second kappa shape index (κ2) is 9.16. The Bertz CT molecular complexity index is 266. The van der Waals surface area contributed by atoms with Crippen molar-refractivity contribution in [3.05, 3.63) is 0 Å². The van der Waals surface area contributed by atoms with Gasteiger partial charge in [0.2, 0.25) is 5.91 Å². The van der Waals surface area contributed by atoms with Crippen molar-refractivity contribution in [1.29, 1.82) is 0 Å². The molecule has 0 aromatic carbocycles. The highest BCUT2D eigenvalue weighted by Gasteiger charge is 2.15. The third kappa shape index (κ3) is 11.7. The highest BCUT2D eigenvalue weighted by Crippen LogP contribution is 2.05. The Labute approximate surface area is 116 Å². The first-order chi connectivity index (χ1) is 8.35. The maximum Gasteiger partial charge on any atom is 0.407 e. The van der Waals surface area contributed by atoms with Crippen LogP contribution >= 0.6 is 15.9 Å². The molecule has 2 amide bonds. The number of rotatable bonds is 7. The topological polar surface area (TPSA) is 76.7 Å². The lowest BCUT2D eigenvalue weighted by Crippen LogP contribution is -2.34. The van der Waals surface area contributed by atoms with E-state index in [-0.39, 0.29) is 11.2 Å². The summed E-state index contributed by atoms with van der Waals surface area (Å²) in [6.07, 6.45) is -0.460. The first-order valence-electron chi connectivity index (χ1n) is 5.72. The zero-order valence-corrected chi connectivity index (χ0v) is 12.6. The molecule has 0 radical (unpaired) electrons. The number of alkyl carbamates (subject to hydrolysis) is 1. The molecule has 18 heavy (non-hydrogen) atoms. The lowest BCUT2D eigenvalue weighted by molar-refractivity contribution is -0.118. The van der Waals surface area contributed by atoms with Crippen LogP contribution in [0.5, 0.6) is 0 Å². The lowest BCUT2D eigenvalue weighted by Gasteiger charge is -2.19. The summed E-state index contributed by atoms with van der Waals surface area (Å²) < 4.78 is 10.3. The van der Waals surface area contributed by atoms with Gasteiger partial charge in [-0.1, -0.05) is 15.9 Å². The first kappa shape index (κ1) is 17.2. The van der Waals surface area contributed by atoms with Crippen LogP contribution in [0.1, 0.15) is 20.8 Å². The van der Waals surface area contributed by atoms with Crippen molar-refractivity contribution in [3.63, 3.8) is 0 Å². The molecule has 0 aliphatic carbocycles. The van der Waals surface area contributed by atoms with Gasteiger partial charge >= 0.3 is 6.09 Å². The predicted octanol–water partition coefficient (Wildman–Crippen LogP) is 1.04. The van der Waals surface area contributed by atoms with E-state index in [4.69, 9.17) is 9.47 Å². The molecular weight excluding hydrogens is 304 g/mol. The average Bonchev–Trinajstić information content (AvgIpc) is 2.25. The SMILES string of the molecule is CC(C)(C)OC(=O)NCCOCCNC(=O)CBr. The highest BCUT2D eigenvalue weighted by molar-refractivity contribution is 9.09. The molecular formula is C11H21BrN2O4. The number of hydrogen-bond donors (Lipinski definition) is 2. The van der Waals surface area contributed by atoms with Gasteiger partial charge in [-0.15, -0.1) is 0 Å². The van der Waals surface area contributed by atoms with Gasteiger partial charge in [-0.05, 0) is 20.8 Å². The molecule has 0 atom stereocenters. The molecule has 0 unspecified atom stereocenters. The fourth-order valence-electron chi connectivity index (χ4n) is 0.951. The number of alkyl halides is 1. The first-order valence-corrected chi connectivity index (χ1v) is 6.84. The van der Waals surface area contributed by atoms with Crippen LogP contribution in [0, 0.1) is 0 Å². The van der Waals surface area contributed by atoms with Gasteiger partial charge in [0, 0.05) is 13.1 Å². The normalized spacial score (nSPS) is 10.9. The molecule has 0 saturated carbocycles. The number of halogens is 1. The number of carbonyl (C=O) groups excluding carboxylic acids is 2. The van der Waals surface area contributed by atoms with Crippen molar-refractivity contribution in [2.24, 2.45) is 0 Å². The van der Waals surface area contributed by atoms with E-state index in [1.807, 2.05) is 0 Å². The molecule has 0 fully saturated rings. The maximum atomic E-state index is 11.2. The van der Waals surface area contributed by atoms with Crippen LogP contribution in [0.4, 0.5) is 4.79 Å². The third-order valence-corrected chi connectivity index (χ3v) is 2.11. The molecule has 7 heteroatoms. The predicted molar refractivity (Wildman–Crippen MR) is 71.9 cm³/mol. The molecule has 0 aromatic rings. The van der Waals surface area contributed by atoms with Crippen LogP contribution in [-0.4, -0.2) is 49.2 Å². The molecule has 0 rings (SSSR count). The molecule has 6 nitrogen and oxygen atoms in total. The molecule has 0 bridgehead atoms. The molecule has 0 saturated heterocycles. The van der Waals surface area contributed by atoms with Crippen LogP contribution in [0.25, 0.3) is 0 Å². The molecule has 0 heterocycles. The quantitative estimate of drug-likeness (QED) is 0.542. The van der Waals surface area contributed by atoms with Crippen molar-refractivity contribution < 1.29 is 19.1 Å². The Morgan fingerprint density at radius 2 is 1.67 bits per heavy atom. The second-order valence-electron chi connectivity index (χ2n) is 4.52. The van der Waals surface area contributed by atoms with E-state index in [9.17, 15) is 9.59 Å². The molecule has 0 aliphatic rings. The summed E-state index contributed by atoms with van der Waals surface area (Å²) >= 11 is 3.03. The van der Waals surface area contributed by atoms with Crippen LogP contribution in [0.3, 0.4) is 0 Å². The molecule has 0 aliphatic heterocycles. The minimum atomic E-state index is -0.495. The number of nitrogens with one attached hydrogen (secondary N) is 2. The van der Waals surface area contributed by atoms with Crippen LogP contribution in [-0.2, 0) is 14.3 Å². The fourth-order valence-corrected chi connectivity index (χ4v) is 1.15. The van der Waals surface area contributed by atoms with E-state index in [1.54, 1.807) is 20.8 Å². The highest BCUT2D eigenvalue weighted by atomic mass is 79.9. The molecule has 106 valence electrons. The minimum absolute atomic E-state index is 0.0783. The van der Waals surface area contributed by atoms with Gasteiger partial charge in [-0.3, -0.25) is 4.79 Å². The molecule has 0 spiro atoms. The van der Waals surface area contributed by atoms with E-state index in [2.05, 4.69) is 26.6 Å². The molecule has 0 aromatic heterocycles. The summed E-state index contributed by atoms with van der Waals surface area (Å²) in [6, 6.07) is 0. The van der Waals surface area contributed by atoms with Crippen molar-refractivity contribution in [2.75, 3.05) is 31.6 Å². The zero-order chi connectivity index (χ0) is 14.0. The van der Waals surface area contributed by atoms with E-state index < -0.39 is 11.7 Å². The van der Waals surface area contributed by atoms with Crippen LogP contribution in [0.2, 0.25) is 0 Å². The van der Waals surface area contributed by atoms with Crippen LogP contribution < -0.4 is 10.6 Å². The van der Waals surface area contributed by atoms with Gasteiger partial charge in [-0.2, -0.15) is 0 Å². The molecule has 2 N–H and O–H groups in total. The monoisotopic (exact) mass is 324 g/mol. The van der Waals surface area contributed by atoms with Crippen molar-refractivity contribution in [1.82, 2.24) is 10.6 Å². The summed E-state index contributed by atoms with van der Waals surface area (Å²) in [5, 5.41) is 5.49. The Balaban J connectivity index is 3.35. The number of amides is 2. The summed E-state index contributed by atoms with van der Waals surface area (Å²) in [6.45, 7) is 7.03. The lowest BCUT2D eigenvalue weighted by atomic mass is 10.2. The summed E-state index contributed by atoms with van der Waals surface area (Å²) in [7, 11) is 0. The average molecular weight is 325 g/mol. The summed E-state index contributed by atoms with van der Waals surface area (Å²) in [4.78, 5) is 22.1. The number of ether oxygens (including phenoxy) is 2. The minimum Gasteiger partial charge on any atom is -0.444 e. The van der Waals surface area contributed by atoms with Crippen molar-refractivity contribution in [3.8, 4) is 0 Å². The summed E-state index contributed by atoms with van der Waals surface area (Å²) in [5.41, 5.74) is -0.495. The van der Waals surface area contributed by atoms with Gasteiger partial charge in [0.1, 0.15) is 5.60 Å². The zero-order valence-electron chi connectivity index (χ0n) is 11.0. The summed E-state index contributed by atoms with van der Waals surface area (Å²) in [5.74, 6) is -0.0783. The van der Waals surface area contributed by atoms with Gasteiger partial charge in [0.25, 0.3) is 0 Å². The number of hydrogen-bond acceptors (Lipinski definition) is 4. The van der Waals surface area contributed by atoms with E-state index in [0.29, 0.717) is 26.3 Å². The maximum absolute atomic E-state index is 11.2. The standard InChI is InChI=1S/C11H21BrN2O4/c1-11(2,3)18-10(16)14-5-7-17-6-4-13-9(15)8-12/h4-8H2,1-3H3,(H,13,15)(H,14,16). The Hall–Kier alpha value is -0.820. The van der Waals surface area contributed by atoms with E-state index in [0.717, 1.165) is 0 Å². The van der Waals surface area contributed by atoms with Crippen LogP contribution in [0.15, 0.2) is 0 Å². The van der Waals surface area contributed by atoms with E-state index >= 15 is 0 Å². The number of carbonyl (C=O) groups is 2. The smallest absolute Gasteiger partial charge is 0.407 e. The van der Waals surface area contributed by atoms with Crippen molar-refractivity contribution in [2.45, 2.75) is 26.4 Å². The Kier molecular flexibility index (Phi) is 8.74. The third-order valence-electron chi connectivity index (χ3n) is 1.60. The Morgan fingerprint density at radius 1 is 1.11 bits per heavy atom.